The molecule has 4 nitrogen and oxygen atoms in total. The lowest BCUT2D eigenvalue weighted by Crippen LogP contribution is -2.37. The Morgan fingerprint density at radius 1 is 1.55 bits per heavy atom. The molecule has 0 aliphatic heterocycles. The van der Waals surface area contributed by atoms with Crippen LogP contribution in [0.3, 0.4) is 0 Å². The predicted octanol–water partition coefficient (Wildman–Crippen LogP) is 3.24. The highest BCUT2D eigenvalue weighted by Gasteiger charge is 2.37. The third-order valence-corrected chi connectivity index (χ3v) is 7.02. The van der Waals surface area contributed by atoms with Gasteiger partial charge in [0.25, 0.3) is 0 Å². The fourth-order valence-corrected chi connectivity index (χ4v) is 4.12. The second-order valence-electron chi connectivity index (χ2n) is 5.00. The molecule has 1 aromatic rings. The van der Waals surface area contributed by atoms with Gasteiger partial charge in [0.1, 0.15) is 4.90 Å². The molecule has 0 heterocycles. The summed E-state index contributed by atoms with van der Waals surface area (Å²) < 4.78 is 40.5. The second-order valence-corrected chi connectivity index (χ2v) is 8.16. The van der Waals surface area contributed by atoms with E-state index in [0.29, 0.717) is 5.92 Å². The van der Waals surface area contributed by atoms with E-state index in [0.717, 1.165) is 18.9 Å². The van der Waals surface area contributed by atoms with Crippen molar-refractivity contribution in [1.29, 1.82) is 0 Å². The summed E-state index contributed by atoms with van der Waals surface area (Å²) in [5.74, 6) is -0.641. The number of halogens is 3. The number of sulfonamides is 1. The molecule has 112 valence electrons. The smallest absolute Gasteiger partial charge is 0.246 e. The van der Waals surface area contributed by atoms with Crippen LogP contribution in [0.4, 0.5) is 10.1 Å². The standard InChI is InChI=1S/C12H15BrClFN2O2S/c1-6(7-3-4-7)17(2)20(18,19)9-5-8(14)10(13)12(16)11(9)15/h5-7H,3-4,16H2,1-2H3. The third-order valence-electron chi connectivity index (χ3n) is 3.69. The van der Waals surface area contributed by atoms with Crippen LogP contribution in [0.25, 0.3) is 0 Å². The number of anilines is 1. The van der Waals surface area contributed by atoms with E-state index in [-0.39, 0.29) is 21.2 Å². The largest absolute Gasteiger partial charge is 0.395 e. The lowest BCUT2D eigenvalue weighted by molar-refractivity contribution is 0.355. The average Bonchev–Trinajstić information content (AvgIpc) is 3.22. The van der Waals surface area contributed by atoms with Crippen molar-refractivity contribution in [2.45, 2.75) is 30.7 Å². The second kappa shape index (κ2) is 5.44. The fourth-order valence-electron chi connectivity index (χ4n) is 2.04. The van der Waals surface area contributed by atoms with E-state index >= 15 is 0 Å². The van der Waals surface area contributed by atoms with Gasteiger partial charge < -0.3 is 5.73 Å². The summed E-state index contributed by atoms with van der Waals surface area (Å²) in [6, 6.07) is 0.908. The molecule has 8 heteroatoms. The van der Waals surface area contributed by atoms with Crippen molar-refractivity contribution in [3.05, 3.63) is 21.4 Å². The summed E-state index contributed by atoms with van der Waals surface area (Å²) in [7, 11) is -2.51. The van der Waals surface area contributed by atoms with E-state index in [1.54, 1.807) is 0 Å². The topological polar surface area (TPSA) is 63.4 Å². The minimum absolute atomic E-state index is 0.0648. The Kier molecular flexibility index (Phi) is 4.35. The SMILES string of the molecule is CC(C1CC1)N(C)S(=O)(=O)c1cc(Cl)c(Br)c(N)c1F. The van der Waals surface area contributed by atoms with E-state index in [4.69, 9.17) is 17.3 Å². The van der Waals surface area contributed by atoms with Crippen molar-refractivity contribution in [2.24, 2.45) is 5.92 Å². The Hall–Kier alpha value is -0.370. The highest BCUT2D eigenvalue weighted by Crippen LogP contribution is 2.39. The number of nitrogen functional groups attached to an aromatic ring is 1. The normalized spacial score (nSPS) is 17.5. The van der Waals surface area contributed by atoms with Crippen molar-refractivity contribution in [3.8, 4) is 0 Å². The van der Waals surface area contributed by atoms with Crippen LogP contribution in [0, 0.1) is 11.7 Å². The van der Waals surface area contributed by atoms with Crippen LogP contribution in [0.2, 0.25) is 5.02 Å². The van der Waals surface area contributed by atoms with Gasteiger partial charge >= 0.3 is 0 Å². The molecule has 0 saturated heterocycles. The maximum Gasteiger partial charge on any atom is 0.246 e. The van der Waals surface area contributed by atoms with E-state index in [2.05, 4.69) is 15.9 Å². The highest BCUT2D eigenvalue weighted by atomic mass is 79.9. The molecule has 20 heavy (non-hydrogen) atoms. The van der Waals surface area contributed by atoms with Gasteiger partial charge in [-0.15, -0.1) is 0 Å². The van der Waals surface area contributed by atoms with E-state index in [1.807, 2.05) is 6.92 Å². The zero-order valence-corrected chi connectivity index (χ0v) is 14.2. The molecule has 0 spiro atoms. The van der Waals surface area contributed by atoms with Gasteiger partial charge in [-0.3, -0.25) is 0 Å². The minimum atomic E-state index is -3.96. The lowest BCUT2D eigenvalue weighted by atomic mass is 10.2. The first-order chi connectivity index (χ1) is 9.17. The molecule has 1 aliphatic rings. The van der Waals surface area contributed by atoms with Crippen LogP contribution in [0.1, 0.15) is 19.8 Å². The summed E-state index contributed by atoms with van der Waals surface area (Å²) in [5, 5.41) is 0.0648. The van der Waals surface area contributed by atoms with Crippen molar-refractivity contribution < 1.29 is 12.8 Å². The molecular weight excluding hydrogens is 371 g/mol. The zero-order chi connectivity index (χ0) is 15.2. The molecule has 1 atom stereocenters. The minimum Gasteiger partial charge on any atom is -0.395 e. The van der Waals surface area contributed by atoms with E-state index < -0.39 is 20.7 Å². The van der Waals surface area contributed by atoms with Gasteiger partial charge in [-0.05, 0) is 47.7 Å². The van der Waals surface area contributed by atoms with Gasteiger partial charge in [-0.2, -0.15) is 4.31 Å². The van der Waals surface area contributed by atoms with Gasteiger partial charge in [0.2, 0.25) is 10.0 Å². The number of hydrogen-bond donors (Lipinski definition) is 1. The number of rotatable bonds is 4. The number of nitrogens with two attached hydrogens (primary N) is 1. The number of hydrogen-bond acceptors (Lipinski definition) is 3. The summed E-state index contributed by atoms with van der Waals surface area (Å²) in [4.78, 5) is -0.488. The Morgan fingerprint density at radius 2 is 2.10 bits per heavy atom. The van der Waals surface area contributed by atoms with Crippen LogP contribution in [-0.4, -0.2) is 25.8 Å². The molecule has 1 saturated carbocycles. The summed E-state index contributed by atoms with van der Waals surface area (Å²) >= 11 is 8.90. The van der Waals surface area contributed by atoms with Crippen LogP contribution < -0.4 is 5.73 Å². The van der Waals surface area contributed by atoms with Gasteiger partial charge in [0, 0.05) is 13.1 Å². The Morgan fingerprint density at radius 3 is 2.60 bits per heavy atom. The molecule has 1 unspecified atom stereocenters. The Balaban J connectivity index is 2.49. The maximum atomic E-state index is 14.2. The highest BCUT2D eigenvalue weighted by molar-refractivity contribution is 9.10. The average molecular weight is 386 g/mol. The van der Waals surface area contributed by atoms with Crippen LogP contribution in [0.15, 0.2) is 15.4 Å². The summed E-state index contributed by atoms with van der Waals surface area (Å²) in [6.07, 6.45) is 1.99. The van der Waals surface area contributed by atoms with E-state index in [9.17, 15) is 12.8 Å². The van der Waals surface area contributed by atoms with Gasteiger partial charge in [-0.25, -0.2) is 12.8 Å². The van der Waals surface area contributed by atoms with Gasteiger partial charge in [0.05, 0.1) is 15.2 Å². The van der Waals surface area contributed by atoms with Gasteiger partial charge in [0.15, 0.2) is 5.82 Å². The first-order valence-corrected chi connectivity index (χ1v) is 8.70. The number of benzene rings is 1. The lowest BCUT2D eigenvalue weighted by Gasteiger charge is -2.24. The van der Waals surface area contributed by atoms with Crippen LogP contribution in [-0.2, 0) is 10.0 Å². The van der Waals surface area contributed by atoms with Crippen molar-refractivity contribution >= 4 is 43.2 Å². The van der Waals surface area contributed by atoms with E-state index in [1.165, 1.54) is 11.4 Å². The molecule has 2 rings (SSSR count). The Bertz CT molecular complexity index is 649. The summed E-state index contributed by atoms with van der Waals surface area (Å²) in [5.41, 5.74) is 5.24. The van der Waals surface area contributed by atoms with Crippen LogP contribution >= 0.6 is 27.5 Å². The molecule has 2 N–H and O–H groups in total. The number of nitrogens with zero attached hydrogens (tertiary/aromatic N) is 1. The molecule has 1 aliphatic carbocycles. The molecular formula is C12H15BrClFN2O2S. The molecule has 0 bridgehead atoms. The molecule has 1 aromatic carbocycles. The molecule has 1 fully saturated rings. The first-order valence-electron chi connectivity index (χ1n) is 6.09. The molecule has 0 aromatic heterocycles. The van der Waals surface area contributed by atoms with Crippen molar-refractivity contribution in [1.82, 2.24) is 4.31 Å². The van der Waals surface area contributed by atoms with Crippen LogP contribution in [0.5, 0.6) is 0 Å². The van der Waals surface area contributed by atoms with Crippen molar-refractivity contribution in [2.75, 3.05) is 12.8 Å². The predicted molar refractivity (Wildman–Crippen MR) is 80.7 cm³/mol. The Labute approximate surface area is 131 Å². The quantitative estimate of drug-likeness (QED) is 0.639. The van der Waals surface area contributed by atoms with Gasteiger partial charge in [-0.1, -0.05) is 11.6 Å². The third kappa shape index (κ3) is 2.68. The molecule has 0 amide bonds. The fraction of sp³-hybridized carbons (Fsp3) is 0.500. The maximum absolute atomic E-state index is 14.2. The zero-order valence-electron chi connectivity index (χ0n) is 11.0. The molecule has 0 radical (unpaired) electrons. The monoisotopic (exact) mass is 384 g/mol. The van der Waals surface area contributed by atoms with Crippen molar-refractivity contribution in [3.63, 3.8) is 0 Å². The summed E-state index contributed by atoms with van der Waals surface area (Å²) in [6.45, 7) is 1.82. The first kappa shape index (κ1) is 16.0.